The van der Waals surface area contributed by atoms with Gasteiger partial charge in [0.2, 0.25) is 11.8 Å². The van der Waals surface area contributed by atoms with Crippen molar-refractivity contribution in [1.29, 1.82) is 0 Å². The number of nitrogens with one attached hydrogen (secondary N) is 4. The smallest absolute Gasteiger partial charge is 0.328 e. The number of halogens is 5. The third-order valence-electron chi connectivity index (χ3n) is 10.9. The van der Waals surface area contributed by atoms with Crippen molar-refractivity contribution in [3.05, 3.63) is 144 Å². The number of carbonyl (C=O) groups excluding carboxylic acids is 2. The van der Waals surface area contributed by atoms with Crippen molar-refractivity contribution in [2.45, 2.75) is 32.5 Å². The first-order chi connectivity index (χ1) is 40.0. The van der Waals surface area contributed by atoms with Gasteiger partial charge in [-0.2, -0.15) is 0 Å². The highest BCUT2D eigenvalue weighted by atomic mass is 127. The molecule has 6 aromatic rings. The van der Waals surface area contributed by atoms with Crippen LogP contribution in [0.3, 0.4) is 0 Å². The fourth-order valence-electron chi connectivity index (χ4n) is 7.12. The highest BCUT2D eigenvalue weighted by Gasteiger charge is 2.23. The molecule has 2 aliphatic heterocycles. The van der Waals surface area contributed by atoms with Crippen molar-refractivity contribution in [2.24, 2.45) is 0 Å². The van der Waals surface area contributed by atoms with E-state index in [9.17, 15) is 37.5 Å². The van der Waals surface area contributed by atoms with Crippen LogP contribution in [0.25, 0.3) is 21.8 Å². The summed E-state index contributed by atoms with van der Waals surface area (Å²) in [6, 6.07) is 15.6. The summed E-state index contributed by atoms with van der Waals surface area (Å²) in [4.78, 5) is 84.6. The maximum absolute atomic E-state index is 13.6. The molecule has 29 heteroatoms. The lowest BCUT2D eigenvalue weighted by Gasteiger charge is -2.17. The Kier molecular flexibility index (Phi) is 30.4. The van der Waals surface area contributed by atoms with Crippen LogP contribution in [0.2, 0.25) is 10.0 Å². The molecule has 0 radical (unpaired) electrons. The summed E-state index contributed by atoms with van der Waals surface area (Å²) in [5.74, 6) is -4.69. The molecule has 2 aromatic heterocycles. The van der Waals surface area contributed by atoms with Gasteiger partial charge in [0.25, 0.3) is 0 Å². The zero-order valence-corrected chi connectivity index (χ0v) is 49.7. The van der Waals surface area contributed by atoms with Crippen LogP contribution >= 0.6 is 47.2 Å². The fraction of sp³-hybridized carbons (Fsp3) is 0.263. The largest absolute Gasteiger partial charge is 0.486 e. The first-order valence-corrected chi connectivity index (χ1v) is 25.8. The molecule has 86 heavy (non-hydrogen) atoms. The molecule has 0 spiro atoms. The first-order valence-electron chi connectivity index (χ1n) is 25.1. The predicted octanol–water partition coefficient (Wildman–Crippen LogP) is 9.46. The summed E-state index contributed by atoms with van der Waals surface area (Å²) in [5.41, 5.74) is 3.31. The molecule has 2 aliphatic rings. The number of carboxylic acid groups (broad SMARTS) is 4. The zero-order valence-electron chi connectivity index (χ0n) is 45.8. The van der Waals surface area contributed by atoms with E-state index in [1.54, 1.807) is 48.6 Å². The van der Waals surface area contributed by atoms with Gasteiger partial charge in [-0.1, -0.05) is 42.8 Å². The Labute approximate surface area is 519 Å². The number of ether oxygens (including phenoxy) is 4. The maximum Gasteiger partial charge on any atom is 0.328 e. The van der Waals surface area contributed by atoms with Gasteiger partial charge in [-0.25, -0.2) is 47.9 Å². The van der Waals surface area contributed by atoms with Gasteiger partial charge in [0.05, 0.1) is 58.9 Å². The van der Waals surface area contributed by atoms with E-state index in [0.29, 0.717) is 132 Å². The number of anilines is 6. The molecule has 460 valence electrons. The third kappa shape index (κ3) is 25.0. The van der Waals surface area contributed by atoms with Gasteiger partial charge in [-0.15, -0.1) is 24.0 Å². The van der Waals surface area contributed by atoms with Crippen molar-refractivity contribution < 1.29 is 76.9 Å². The molecule has 0 bridgehead atoms. The molecule has 4 heterocycles. The SMILES string of the molecule is C.CN(C)C/C=C/C(=O)Nc1cc2c(Nc3ccc(F)c(Cl)c3)ncnc2cc1OC1CCOC1.CN(C)C/C=C/C(=O)Nc1cc2c(Nc3ccc(F)c(Cl)c3)ncnc2cc1OC1CCOC1.I.O=C(O)/C=C\C(=O)O.O=C(O)/C=C\C(=O)O. The number of carbonyl (C=O) groups is 6. The number of carboxylic acids is 4. The van der Waals surface area contributed by atoms with E-state index in [2.05, 4.69) is 41.2 Å². The van der Waals surface area contributed by atoms with Crippen molar-refractivity contribution >= 4 is 139 Å². The number of nitrogens with zero attached hydrogens (tertiary/aromatic N) is 6. The van der Waals surface area contributed by atoms with Gasteiger partial charge in [0, 0.05) is 96.7 Å². The predicted molar refractivity (Wildman–Crippen MR) is 332 cm³/mol. The third-order valence-corrected chi connectivity index (χ3v) is 11.5. The molecule has 2 unspecified atom stereocenters. The monoisotopic (exact) mass is 1350 g/mol. The minimum Gasteiger partial charge on any atom is -0.486 e. The highest BCUT2D eigenvalue weighted by Crippen LogP contribution is 2.37. The van der Waals surface area contributed by atoms with Crippen LogP contribution in [-0.2, 0) is 38.2 Å². The lowest BCUT2D eigenvalue weighted by Crippen LogP contribution is -2.18. The normalized spacial score (nSPS) is 14.3. The molecular weight excluding hydrogens is 1280 g/mol. The number of likely N-dealkylation sites (N-methyl/N-ethyl adjacent to an activating group) is 2. The molecule has 2 amide bonds. The Morgan fingerprint density at radius 1 is 0.581 bits per heavy atom. The number of aliphatic carboxylic acids is 4. The average molecular weight is 1350 g/mol. The van der Waals surface area contributed by atoms with E-state index in [4.69, 9.17) is 62.6 Å². The van der Waals surface area contributed by atoms with Crippen molar-refractivity contribution in [2.75, 3.05) is 89.0 Å². The number of amides is 2. The molecule has 0 saturated carbocycles. The Morgan fingerprint density at radius 3 is 1.24 bits per heavy atom. The second-order valence-electron chi connectivity index (χ2n) is 18.2. The minimum absolute atomic E-state index is 0. The van der Waals surface area contributed by atoms with Gasteiger partial charge in [0.1, 0.15) is 59.6 Å². The van der Waals surface area contributed by atoms with Crippen LogP contribution in [-0.4, -0.2) is 166 Å². The minimum atomic E-state index is -1.26. The zero-order chi connectivity index (χ0) is 61.3. The van der Waals surface area contributed by atoms with E-state index in [1.165, 1.54) is 49.1 Å². The molecule has 0 aliphatic carbocycles. The number of hydrogen-bond donors (Lipinski definition) is 8. The standard InChI is InChI=1S/2C24H25ClFN5O3.2C4H4O4.CH4.HI/c2*1-31(2)8-3-4-23(32)30-21-11-17-20(12-22(21)34-16-7-9-33-13-16)27-14-28-24(17)29-15-5-6-19(26)18(25)10-15;2*5-3(6)1-2-4(7)8;;/h2*3-6,10-12,14,16H,7-9,13H2,1-2H3,(H,30,32)(H,27,28,29);2*1-2H,(H,5,6)(H,7,8);1H4;1H/b2*4-3+;2*2-1-;;. The molecule has 2 atom stereocenters. The van der Waals surface area contributed by atoms with E-state index in [1.807, 2.05) is 38.0 Å². The summed E-state index contributed by atoms with van der Waals surface area (Å²) < 4.78 is 50.2. The Bertz CT molecular complexity index is 3190. The van der Waals surface area contributed by atoms with E-state index in [0.717, 1.165) is 12.8 Å². The van der Waals surface area contributed by atoms with Gasteiger partial charge in [-0.3, -0.25) is 9.59 Å². The highest BCUT2D eigenvalue weighted by molar-refractivity contribution is 14.0. The van der Waals surface area contributed by atoms with Gasteiger partial charge < -0.3 is 70.4 Å². The van der Waals surface area contributed by atoms with Crippen LogP contribution < -0.4 is 30.7 Å². The van der Waals surface area contributed by atoms with Gasteiger partial charge >= 0.3 is 23.9 Å². The van der Waals surface area contributed by atoms with E-state index < -0.39 is 35.5 Å². The van der Waals surface area contributed by atoms with Crippen molar-refractivity contribution in [3.63, 3.8) is 0 Å². The van der Waals surface area contributed by atoms with Crippen LogP contribution in [0, 0.1) is 11.6 Å². The average Bonchev–Trinajstić information content (AvgIpc) is 1.35. The van der Waals surface area contributed by atoms with E-state index >= 15 is 0 Å². The molecule has 2 fully saturated rings. The lowest BCUT2D eigenvalue weighted by molar-refractivity contribution is -0.134. The fourth-order valence-corrected chi connectivity index (χ4v) is 7.49. The van der Waals surface area contributed by atoms with Crippen LogP contribution in [0.5, 0.6) is 11.5 Å². The van der Waals surface area contributed by atoms with Gasteiger partial charge in [-0.05, 0) is 76.7 Å². The van der Waals surface area contributed by atoms with Crippen molar-refractivity contribution in [3.8, 4) is 11.5 Å². The molecule has 24 nitrogen and oxygen atoms in total. The number of aromatic nitrogens is 4. The van der Waals surface area contributed by atoms with Gasteiger partial charge in [0.15, 0.2) is 0 Å². The topological polar surface area (TPSA) is 326 Å². The number of hydrogen-bond acceptors (Lipinski definition) is 18. The quantitative estimate of drug-likeness (QED) is 0.0260. The summed E-state index contributed by atoms with van der Waals surface area (Å²) in [5, 5.41) is 44.6. The lowest BCUT2D eigenvalue weighted by atomic mass is 10.1. The molecule has 4 aromatic carbocycles. The molecule has 2 saturated heterocycles. The Balaban J connectivity index is 0.000000353. The Hall–Kier alpha value is -8.45. The van der Waals surface area contributed by atoms with Crippen LogP contribution in [0.15, 0.2) is 122 Å². The second kappa shape index (κ2) is 36.4. The summed E-state index contributed by atoms with van der Waals surface area (Å²) in [7, 11) is 7.68. The van der Waals surface area contributed by atoms with Crippen LogP contribution in [0.1, 0.15) is 20.3 Å². The first kappa shape index (κ1) is 71.8. The number of fused-ring (bicyclic) bond motifs is 2. The van der Waals surface area contributed by atoms with Crippen molar-refractivity contribution in [1.82, 2.24) is 29.7 Å². The van der Waals surface area contributed by atoms with E-state index in [-0.39, 0.29) is 65.5 Å². The summed E-state index contributed by atoms with van der Waals surface area (Å²) in [6.07, 6.45) is 12.9. The molecular formula is C57H63Cl2F2IN10O14. The summed E-state index contributed by atoms with van der Waals surface area (Å²) in [6.45, 7) is 3.49. The molecule has 8 N–H and O–H groups in total. The number of benzene rings is 4. The van der Waals surface area contributed by atoms with Crippen LogP contribution in [0.4, 0.5) is 43.2 Å². The summed E-state index contributed by atoms with van der Waals surface area (Å²) >= 11 is 11.8. The number of rotatable bonds is 20. The molecule has 8 rings (SSSR count). The maximum atomic E-state index is 13.6. The Morgan fingerprint density at radius 2 is 0.942 bits per heavy atom. The second-order valence-corrected chi connectivity index (χ2v) is 19.0.